The van der Waals surface area contributed by atoms with E-state index in [2.05, 4.69) is 5.32 Å². The summed E-state index contributed by atoms with van der Waals surface area (Å²) in [7, 11) is 0. The molecule has 0 bridgehead atoms. The molecule has 0 spiro atoms. The molecule has 5 nitrogen and oxygen atoms in total. The Balaban J connectivity index is 1.79. The van der Waals surface area contributed by atoms with Crippen molar-refractivity contribution in [1.29, 1.82) is 0 Å². The fourth-order valence-corrected chi connectivity index (χ4v) is 3.32. The highest BCUT2D eigenvalue weighted by molar-refractivity contribution is 5.87. The van der Waals surface area contributed by atoms with Gasteiger partial charge in [-0.3, -0.25) is 9.59 Å². The fraction of sp³-hybridized carbons (Fsp3) is 0.867. The first-order valence-corrected chi connectivity index (χ1v) is 7.87. The highest BCUT2D eigenvalue weighted by atomic mass is 16.2. The summed E-state index contributed by atoms with van der Waals surface area (Å²) in [6.45, 7) is 3.41. The Morgan fingerprint density at radius 3 is 2.35 bits per heavy atom. The summed E-state index contributed by atoms with van der Waals surface area (Å²) < 4.78 is 0. The van der Waals surface area contributed by atoms with Gasteiger partial charge in [-0.15, -0.1) is 0 Å². The number of amides is 2. The molecule has 3 N–H and O–H groups in total. The normalized spacial score (nSPS) is 23.4. The van der Waals surface area contributed by atoms with Crippen LogP contribution in [0.2, 0.25) is 0 Å². The Kier molecular flexibility index (Phi) is 5.02. The van der Waals surface area contributed by atoms with Crippen molar-refractivity contribution in [3.8, 4) is 0 Å². The summed E-state index contributed by atoms with van der Waals surface area (Å²) >= 11 is 0. The molecule has 1 saturated heterocycles. The number of carbonyl (C=O) groups excluding carboxylic acids is 2. The van der Waals surface area contributed by atoms with E-state index in [1.165, 1.54) is 6.42 Å². The number of nitrogens with one attached hydrogen (secondary N) is 1. The van der Waals surface area contributed by atoms with Crippen LogP contribution < -0.4 is 11.1 Å². The lowest BCUT2D eigenvalue weighted by molar-refractivity contribution is -0.135. The first kappa shape index (κ1) is 15.3. The lowest BCUT2D eigenvalue weighted by Gasteiger charge is -2.33. The molecular formula is C15H27N3O2. The van der Waals surface area contributed by atoms with Crippen LogP contribution in [0.3, 0.4) is 0 Å². The molecule has 2 aliphatic rings. The number of hydrogen-bond donors (Lipinski definition) is 2. The standard InChI is InChI=1S/C15H27N3O2/c1-12(14(20)18-9-5-6-10-18)17-13(19)11-15(16)7-3-2-4-8-15/h12H,2-11,16H2,1H3,(H,17,19). The maximum absolute atomic E-state index is 12.1. The van der Waals surface area contributed by atoms with Crippen LogP contribution in [-0.4, -0.2) is 41.4 Å². The third-order valence-corrected chi connectivity index (χ3v) is 4.53. The van der Waals surface area contributed by atoms with Crippen molar-refractivity contribution in [3.05, 3.63) is 0 Å². The number of rotatable bonds is 4. The van der Waals surface area contributed by atoms with E-state index in [0.29, 0.717) is 6.42 Å². The summed E-state index contributed by atoms with van der Waals surface area (Å²) in [5.74, 6) is -0.0555. The Morgan fingerprint density at radius 2 is 1.75 bits per heavy atom. The Morgan fingerprint density at radius 1 is 1.15 bits per heavy atom. The maximum atomic E-state index is 12.1. The van der Waals surface area contributed by atoms with Crippen LogP contribution in [0, 0.1) is 0 Å². The summed E-state index contributed by atoms with van der Waals surface area (Å²) in [4.78, 5) is 26.1. The van der Waals surface area contributed by atoms with E-state index in [1.807, 2.05) is 4.90 Å². The van der Waals surface area contributed by atoms with Crippen LogP contribution in [0.25, 0.3) is 0 Å². The number of nitrogens with two attached hydrogens (primary N) is 1. The van der Waals surface area contributed by atoms with Gasteiger partial charge in [0.05, 0.1) is 0 Å². The number of carbonyl (C=O) groups is 2. The van der Waals surface area contributed by atoms with Crippen molar-refractivity contribution >= 4 is 11.8 Å². The smallest absolute Gasteiger partial charge is 0.244 e. The molecule has 1 unspecified atom stereocenters. The number of nitrogens with zero attached hydrogens (tertiary/aromatic N) is 1. The van der Waals surface area contributed by atoms with E-state index in [-0.39, 0.29) is 17.4 Å². The highest BCUT2D eigenvalue weighted by Crippen LogP contribution is 2.28. The van der Waals surface area contributed by atoms with E-state index in [1.54, 1.807) is 6.92 Å². The van der Waals surface area contributed by atoms with Gasteiger partial charge in [0, 0.05) is 25.0 Å². The average Bonchev–Trinajstić information content (AvgIpc) is 2.91. The SMILES string of the molecule is CC(NC(=O)CC1(N)CCCCC1)C(=O)N1CCCC1. The zero-order valence-electron chi connectivity index (χ0n) is 12.5. The average molecular weight is 281 g/mol. The number of hydrogen-bond acceptors (Lipinski definition) is 3. The summed E-state index contributed by atoms with van der Waals surface area (Å²) in [6, 6.07) is -0.437. The lowest BCUT2D eigenvalue weighted by Crippen LogP contribution is -2.50. The minimum Gasteiger partial charge on any atom is -0.345 e. The van der Waals surface area contributed by atoms with Gasteiger partial charge in [-0.25, -0.2) is 0 Å². The number of likely N-dealkylation sites (tertiary alicyclic amines) is 1. The van der Waals surface area contributed by atoms with E-state index < -0.39 is 6.04 Å². The van der Waals surface area contributed by atoms with Gasteiger partial charge < -0.3 is 16.0 Å². The predicted molar refractivity (Wildman–Crippen MR) is 78.0 cm³/mol. The first-order valence-electron chi connectivity index (χ1n) is 7.87. The van der Waals surface area contributed by atoms with Gasteiger partial charge in [0.25, 0.3) is 0 Å². The van der Waals surface area contributed by atoms with Gasteiger partial charge in [0.1, 0.15) is 6.04 Å². The zero-order chi connectivity index (χ0) is 14.6. The largest absolute Gasteiger partial charge is 0.345 e. The second-order valence-electron chi connectivity index (χ2n) is 6.42. The van der Waals surface area contributed by atoms with E-state index in [0.717, 1.165) is 51.6 Å². The molecule has 2 fully saturated rings. The minimum atomic E-state index is -0.437. The molecule has 0 aromatic heterocycles. The second kappa shape index (κ2) is 6.57. The molecular weight excluding hydrogens is 254 g/mol. The molecule has 1 aliphatic carbocycles. The van der Waals surface area contributed by atoms with Gasteiger partial charge in [-0.05, 0) is 32.6 Å². The van der Waals surface area contributed by atoms with Crippen molar-refractivity contribution < 1.29 is 9.59 Å². The third kappa shape index (κ3) is 3.95. The summed E-state index contributed by atoms with van der Waals surface area (Å²) in [6.07, 6.45) is 7.72. The molecule has 1 saturated carbocycles. The van der Waals surface area contributed by atoms with Gasteiger partial charge in [0.2, 0.25) is 11.8 Å². The maximum Gasteiger partial charge on any atom is 0.244 e. The van der Waals surface area contributed by atoms with Crippen molar-refractivity contribution in [2.75, 3.05) is 13.1 Å². The van der Waals surface area contributed by atoms with E-state index >= 15 is 0 Å². The zero-order valence-corrected chi connectivity index (χ0v) is 12.5. The molecule has 0 radical (unpaired) electrons. The van der Waals surface area contributed by atoms with Gasteiger partial charge in [-0.1, -0.05) is 19.3 Å². The minimum absolute atomic E-state index is 0.0329. The molecule has 5 heteroatoms. The van der Waals surface area contributed by atoms with Crippen molar-refractivity contribution in [2.45, 2.75) is 69.9 Å². The van der Waals surface area contributed by atoms with Crippen molar-refractivity contribution in [1.82, 2.24) is 10.2 Å². The molecule has 1 atom stereocenters. The van der Waals surface area contributed by atoms with Gasteiger partial charge >= 0.3 is 0 Å². The molecule has 0 aromatic rings. The van der Waals surface area contributed by atoms with Crippen LogP contribution >= 0.6 is 0 Å². The van der Waals surface area contributed by atoms with Crippen LogP contribution in [0.5, 0.6) is 0 Å². The molecule has 1 aliphatic heterocycles. The van der Waals surface area contributed by atoms with Gasteiger partial charge in [0.15, 0.2) is 0 Å². The second-order valence-corrected chi connectivity index (χ2v) is 6.42. The van der Waals surface area contributed by atoms with E-state index in [4.69, 9.17) is 5.73 Å². The van der Waals surface area contributed by atoms with Crippen LogP contribution in [0.1, 0.15) is 58.3 Å². The highest BCUT2D eigenvalue weighted by Gasteiger charge is 2.31. The molecule has 20 heavy (non-hydrogen) atoms. The van der Waals surface area contributed by atoms with Crippen LogP contribution in [0.4, 0.5) is 0 Å². The molecule has 2 rings (SSSR count). The lowest BCUT2D eigenvalue weighted by atomic mass is 9.80. The topological polar surface area (TPSA) is 75.4 Å². The molecule has 2 amide bonds. The fourth-order valence-electron chi connectivity index (χ4n) is 3.32. The van der Waals surface area contributed by atoms with Crippen molar-refractivity contribution in [3.63, 3.8) is 0 Å². The third-order valence-electron chi connectivity index (χ3n) is 4.53. The van der Waals surface area contributed by atoms with Gasteiger partial charge in [-0.2, -0.15) is 0 Å². The monoisotopic (exact) mass is 281 g/mol. The van der Waals surface area contributed by atoms with Crippen LogP contribution in [-0.2, 0) is 9.59 Å². The Bertz CT molecular complexity index is 358. The first-order chi connectivity index (χ1) is 9.50. The van der Waals surface area contributed by atoms with E-state index in [9.17, 15) is 9.59 Å². The van der Waals surface area contributed by atoms with Crippen molar-refractivity contribution in [2.24, 2.45) is 5.73 Å². The summed E-state index contributed by atoms with van der Waals surface area (Å²) in [5, 5.41) is 2.82. The molecule has 114 valence electrons. The quantitative estimate of drug-likeness (QED) is 0.812. The Labute approximate surface area is 121 Å². The summed E-state index contributed by atoms with van der Waals surface area (Å²) in [5.41, 5.74) is 5.92. The molecule has 0 aromatic carbocycles. The van der Waals surface area contributed by atoms with Crippen LogP contribution in [0.15, 0.2) is 0 Å². The molecule has 1 heterocycles. The Hall–Kier alpha value is -1.10. The predicted octanol–water partition coefficient (Wildman–Crippen LogP) is 1.17.